The van der Waals surface area contributed by atoms with Gasteiger partial charge in [0, 0.05) is 44.7 Å². The molecule has 1 atom stereocenters. The first-order valence-electron chi connectivity index (χ1n) is 9.48. The van der Waals surface area contributed by atoms with Crippen molar-refractivity contribution in [3.8, 4) is 0 Å². The van der Waals surface area contributed by atoms with Crippen LogP contribution >= 0.6 is 11.3 Å². The zero-order chi connectivity index (χ0) is 18.3. The Morgan fingerprint density at radius 3 is 2.88 bits per heavy atom. The Hall–Kier alpha value is -1.73. The van der Waals surface area contributed by atoms with E-state index < -0.39 is 0 Å². The lowest BCUT2D eigenvalue weighted by atomic mass is 9.86. The van der Waals surface area contributed by atoms with Gasteiger partial charge in [-0.25, -0.2) is 9.97 Å². The molecule has 2 aliphatic rings. The minimum atomic E-state index is 0.0407. The standard InChI is InChI=1S/C19H27N5OS/c1-4-23-9-8-19(7-5-16(23)25)13-24(11-10-22(19)3)17-15-6-12-26-18(15)21-14(2)20-17/h6,12H,4-5,7-11,13H2,1-3H3/t19-/m0/s1. The number of rotatable bonds is 2. The minimum Gasteiger partial charge on any atom is -0.353 e. The number of carbonyl (C=O) groups is 1. The number of amides is 1. The number of piperazine rings is 1. The molecule has 7 heteroatoms. The molecule has 0 bridgehead atoms. The average Bonchev–Trinajstić information content (AvgIpc) is 3.03. The van der Waals surface area contributed by atoms with Crippen molar-refractivity contribution in [3.05, 3.63) is 17.3 Å². The summed E-state index contributed by atoms with van der Waals surface area (Å²) in [7, 11) is 2.22. The van der Waals surface area contributed by atoms with E-state index in [-0.39, 0.29) is 5.54 Å². The first kappa shape index (κ1) is 17.7. The molecule has 0 unspecified atom stereocenters. The third kappa shape index (κ3) is 2.97. The number of likely N-dealkylation sites (tertiary alicyclic amines) is 1. The van der Waals surface area contributed by atoms with Crippen molar-refractivity contribution in [1.29, 1.82) is 0 Å². The number of likely N-dealkylation sites (N-methyl/N-ethyl adjacent to an activating group) is 1. The van der Waals surface area contributed by atoms with Crippen molar-refractivity contribution in [3.63, 3.8) is 0 Å². The summed E-state index contributed by atoms with van der Waals surface area (Å²) in [6, 6.07) is 2.13. The van der Waals surface area contributed by atoms with Crippen molar-refractivity contribution >= 4 is 33.3 Å². The highest BCUT2D eigenvalue weighted by atomic mass is 32.1. The highest BCUT2D eigenvalue weighted by Gasteiger charge is 2.42. The molecule has 2 saturated heterocycles. The van der Waals surface area contributed by atoms with Crippen LogP contribution in [-0.2, 0) is 4.79 Å². The summed E-state index contributed by atoms with van der Waals surface area (Å²) >= 11 is 1.67. The molecule has 2 aromatic heterocycles. The van der Waals surface area contributed by atoms with Crippen LogP contribution in [0.25, 0.3) is 10.2 Å². The number of aryl methyl sites for hydroxylation is 1. The molecule has 2 aromatic rings. The topological polar surface area (TPSA) is 52.6 Å². The van der Waals surface area contributed by atoms with Gasteiger partial charge in [-0.05, 0) is 45.2 Å². The molecule has 140 valence electrons. The Balaban J connectivity index is 1.66. The maximum Gasteiger partial charge on any atom is 0.222 e. The van der Waals surface area contributed by atoms with E-state index in [1.54, 1.807) is 11.3 Å². The molecule has 0 radical (unpaired) electrons. The number of hydrogen-bond acceptors (Lipinski definition) is 6. The molecule has 2 aliphatic heterocycles. The van der Waals surface area contributed by atoms with Gasteiger partial charge in [-0.3, -0.25) is 9.69 Å². The molecular formula is C19H27N5OS. The molecule has 0 aromatic carbocycles. The molecule has 26 heavy (non-hydrogen) atoms. The molecule has 1 spiro atoms. The first-order valence-corrected chi connectivity index (χ1v) is 10.4. The fraction of sp³-hybridized carbons (Fsp3) is 0.632. The van der Waals surface area contributed by atoms with Gasteiger partial charge in [0.15, 0.2) is 0 Å². The first-order chi connectivity index (χ1) is 12.5. The molecule has 0 saturated carbocycles. The van der Waals surface area contributed by atoms with Crippen LogP contribution in [0, 0.1) is 6.92 Å². The molecule has 4 heterocycles. The van der Waals surface area contributed by atoms with E-state index in [0.717, 1.165) is 67.4 Å². The van der Waals surface area contributed by atoms with Gasteiger partial charge < -0.3 is 9.80 Å². The molecular weight excluding hydrogens is 346 g/mol. The van der Waals surface area contributed by atoms with Gasteiger partial charge in [0.05, 0.1) is 5.39 Å². The molecule has 4 rings (SSSR count). The van der Waals surface area contributed by atoms with E-state index in [2.05, 4.69) is 40.2 Å². The summed E-state index contributed by atoms with van der Waals surface area (Å²) in [4.78, 5) is 29.7. The van der Waals surface area contributed by atoms with Crippen LogP contribution in [-0.4, -0.2) is 71.0 Å². The molecule has 6 nitrogen and oxygen atoms in total. The maximum absolute atomic E-state index is 12.4. The number of carbonyl (C=O) groups excluding carboxylic acids is 1. The van der Waals surface area contributed by atoms with Crippen LogP contribution in [0.4, 0.5) is 5.82 Å². The average molecular weight is 374 g/mol. The van der Waals surface area contributed by atoms with Crippen molar-refractivity contribution in [2.75, 3.05) is 44.7 Å². The van der Waals surface area contributed by atoms with Gasteiger partial charge in [-0.15, -0.1) is 11.3 Å². The van der Waals surface area contributed by atoms with Crippen LogP contribution < -0.4 is 4.90 Å². The Morgan fingerprint density at radius 2 is 2.08 bits per heavy atom. The lowest BCUT2D eigenvalue weighted by molar-refractivity contribution is -0.130. The monoisotopic (exact) mass is 373 g/mol. The van der Waals surface area contributed by atoms with Crippen molar-refractivity contribution in [1.82, 2.24) is 19.8 Å². The summed E-state index contributed by atoms with van der Waals surface area (Å²) in [5, 5.41) is 3.25. The smallest absolute Gasteiger partial charge is 0.222 e. The fourth-order valence-electron chi connectivity index (χ4n) is 4.39. The number of fused-ring (bicyclic) bond motifs is 1. The molecule has 0 aliphatic carbocycles. The predicted octanol–water partition coefficient (Wildman–Crippen LogP) is 2.52. The van der Waals surface area contributed by atoms with Crippen LogP contribution in [0.15, 0.2) is 11.4 Å². The Labute approximate surface area is 158 Å². The van der Waals surface area contributed by atoms with E-state index in [0.29, 0.717) is 12.3 Å². The van der Waals surface area contributed by atoms with Crippen LogP contribution in [0.5, 0.6) is 0 Å². The maximum atomic E-state index is 12.4. The second-order valence-corrected chi connectivity index (χ2v) is 8.42. The normalized spacial score (nSPS) is 25.3. The second kappa shape index (κ2) is 6.78. The Bertz CT molecular complexity index is 821. The van der Waals surface area contributed by atoms with E-state index in [9.17, 15) is 4.79 Å². The summed E-state index contributed by atoms with van der Waals surface area (Å²) in [6.07, 6.45) is 2.59. The van der Waals surface area contributed by atoms with Gasteiger partial charge in [-0.2, -0.15) is 0 Å². The van der Waals surface area contributed by atoms with E-state index in [1.807, 2.05) is 11.8 Å². The minimum absolute atomic E-state index is 0.0407. The summed E-state index contributed by atoms with van der Waals surface area (Å²) < 4.78 is 0. The van der Waals surface area contributed by atoms with Gasteiger partial charge in [0.25, 0.3) is 0 Å². The second-order valence-electron chi connectivity index (χ2n) is 7.52. The predicted molar refractivity (Wildman–Crippen MR) is 106 cm³/mol. The highest BCUT2D eigenvalue weighted by molar-refractivity contribution is 7.16. The molecule has 0 N–H and O–H groups in total. The van der Waals surface area contributed by atoms with E-state index >= 15 is 0 Å². The van der Waals surface area contributed by atoms with Crippen LogP contribution in [0.1, 0.15) is 32.0 Å². The van der Waals surface area contributed by atoms with Gasteiger partial charge in [0.2, 0.25) is 5.91 Å². The lowest BCUT2D eigenvalue weighted by Crippen LogP contribution is -2.61. The lowest BCUT2D eigenvalue weighted by Gasteiger charge is -2.49. The van der Waals surface area contributed by atoms with Crippen LogP contribution in [0.3, 0.4) is 0 Å². The fourth-order valence-corrected chi connectivity index (χ4v) is 5.20. The SMILES string of the molecule is CCN1CC[C@@]2(CCC1=O)CN(c1nc(C)nc3sccc13)CCN2C. The van der Waals surface area contributed by atoms with E-state index in [1.165, 1.54) is 0 Å². The van der Waals surface area contributed by atoms with Gasteiger partial charge >= 0.3 is 0 Å². The third-order valence-electron chi connectivity index (χ3n) is 6.10. The zero-order valence-electron chi connectivity index (χ0n) is 15.9. The number of anilines is 1. The quantitative estimate of drug-likeness (QED) is 0.810. The summed E-state index contributed by atoms with van der Waals surface area (Å²) in [6.45, 7) is 8.59. The van der Waals surface area contributed by atoms with Gasteiger partial charge in [0.1, 0.15) is 16.5 Å². The molecule has 1 amide bonds. The largest absolute Gasteiger partial charge is 0.353 e. The van der Waals surface area contributed by atoms with Gasteiger partial charge in [-0.1, -0.05) is 0 Å². The zero-order valence-corrected chi connectivity index (χ0v) is 16.7. The number of hydrogen-bond donors (Lipinski definition) is 0. The highest BCUT2D eigenvalue weighted by Crippen LogP contribution is 2.36. The summed E-state index contributed by atoms with van der Waals surface area (Å²) in [5.41, 5.74) is 0.0407. The Morgan fingerprint density at radius 1 is 1.23 bits per heavy atom. The summed E-state index contributed by atoms with van der Waals surface area (Å²) in [5.74, 6) is 2.19. The molecule has 2 fully saturated rings. The van der Waals surface area contributed by atoms with E-state index in [4.69, 9.17) is 4.98 Å². The van der Waals surface area contributed by atoms with Crippen molar-refractivity contribution in [2.45, 2.75) is 38.6 Å². The third-order valence-corrected chi connectivity index (χ3v) is 6.91. The van der Waals surface area contributed by atoms with Crippen molar-refractivity contribution in [2.24, 2.45) is 0 Å². The van der Waals surface area contributed by atoms with Crippen LogP contribution in [0.2, 0.25) is 0 Å². The Kier molecular flexibility index (Phi) is 4.61. The number of nitrogens with zero attached hydrogens (tertiary/aromatic N) is 5. The number of thiophene rings is 1. The van der Waals surface area contributed by atoms with Crippen molar-refractivity contribution < 1.29 is 4.79 Å². The number of aromatic nitrogens is 2.